The van der Waals surface area contributed by atoms with Crippen LogP contribution in [0.25, 0.3) is 0 Å². The number of thioether (sulfide) groups is 1. The van der Waals surface area contributed by atoms with Crippen LogP contribution in [0.15, 0.2) is 35.2 Å². The lowest BCUT2D eigenvalue weighted by Crippen LogP contribution is -2.42. The molecule has 0 saturated carbocycles. The molecule has 0 aliphatic carbocycles. The van der Waals surface area contributed by atoms with Gasteiger partial charge in [-0.2, -0.15) is 0 Å². The summed E-state index contributed by atoms with van der Waals surface area (Å²) in [5.41, 5.74) is 0. The first-order chi connectivity index (χ1) is 11.1. The molecule has 1 saturated heterocycles. The van der Waals surface area contributed by atoms with Crippen LogP contribution in [0.3, 0.4) is 0 Å². The highest BCUT2D eigenvalue weighted by molar-refractivity contribution is 7.99. The molecule has 0 radical (unpaired) electrons. The Morgan fingerprint density at radius 3 is 3.00 bits per heavy atom. The molecule has 1 atom stereocenters. The average Bonchev–Trinajstić information content (AvgIpc) is 2.77. The summed E-state index contributed by atoms with van der Waals surface area (Å²) in [5, 5.41) is 3.02. The van der Waals surface area contributed by atoms with Crippen LogP contribution >= 0.6 is 11.8 Å². The molecule has 1 aliphatic rings. The average molecular weight is 337 g/mol. The Bertz CT molecular complexity index is 472. The molecule has 5 nitrogen and oxygen atoms in total. The summed E-state index contributed by atoms with van der Waals surface area (Å²) >= 11 is 1.77. The molecule has 0 bridgehead atoms. The lowest BCUT2D eigenvalue weighted by Gasteiger charge is -2.22. The minimum absolute atomic E-state index is 0.00874. The van der Waals surface area contributed by atoms with Gasteiger partial charge >= 0.3 is 6.03 Å². The van der Waals surface area contributed by atoms with Crippen LogP contribution in [0.1, 0.15) is 0 Å². The van der Waals surface area contributed by atoms with Crippen LogP contribution in [0.4, 0.5) is 4.79 Å². The second kappa shape index (κ2) is 9.80. The van der Waals surface area contributed by atoms with E-state index in [-0.39, 0.29) is 6.03 Å². The highest BCUT2D eigenvalue weighted by Crippen LogP contribution is 2.16. The number of likely N-dealkylation sites (N-methyl/N-ethyl adjacent to an activating group) is 1. The first kappa shape index (κ1) is 18.1. The van der Waals surface area contributed by atoms with Crippen molar-refractivity contribution in [2.24, 2.45) is 5.92 Å². The van der Waals surface area contributed by atoms with E-state index in [0.717, 1.165) is 38.6 Å². The Kier molecular flexibility index (Phi) is 7.71. The standard InChI is InChI=1S/C17H27N3O2S/c1-19-8-10-22-14-15(13-19)12-18-17(21)20(2)9-11-23-16-6-4-3-5-7-16/h3-7,15H,8-14H2,1-2H3,(H,18,21). The molecule has 2 amide bonds. The predicted molar refractivity (Wildman–Crippen MR) is 95.0 cm³/mol. The minimum Gasteiger partial charge on any atom is -0.380 e. The van der Waals surface area contributed by atoms with E-state index in [0.29, 0.717) is 12.5 Å². The fourth-order valence-electron chi connectivity index (χ4n) is 2.46. The van der Waals surface area contributed by atoms with E-state index >= 15 is 0 Å². The first-order valence-electron chi connectivity index (χ1n) is 8.08. The summed E-state index contributed by atoms with van der Waals surface area (Å²) in [4.78, 5) is 17.4. The van der Waals surface area contributed by atoms with Crippen molar-refractivity contribution in [3.63, 3.8) is 0 Å². The van der Waals surface area contributed by atoms with Crippen LogP contribution in [0, 0.1) is 5.92 Å². The predicted octanol–water partition coefficient (Wildman–Crippen LogP) is 2.00. The lowest BCUT2D eigenvalue weighted by molar-refractivity contribution is 0.121. The van der Waals surface area contributed by atoms with Crippen molar-refractivity contribution in [3.05, 3.63) is 30.3 Å². The van der Waals surface area contributed by atoms with Crippen molar-refractivity contribution in [3.8, 4) is 0 Å². The number of hydrogen-bond donors (Lipinski definition) is 1. The molecule has 1 aliphatic heterocycles. The van der Waals surface area contributed by atoms with Crippen LogP contribution in [-0.2, 0) is 4.74 Å². The van der Waals surface area contributed by atoms with E-state index in [1.165, 1.54) is 4.90 Å². The quantitative estimate of drug-likeness (QED) is 0.807. The lowest BCUT2D eigenvalue weighted by atomic mass is 10.1. The number of nitrogens with zero attached hydrogens (tertiary/aromatic N) is 2. The molecular formula is C17H27N3O2S. The SMILES string of the molecule is CN1CCOCC(CNC(=O)N(C)CCSc2ccccc2)C1. The first-order valence-corrected chi connectivity index (χ1v) is 9.07. The highest BCUT2D eigenvalue weighted by atomic mass is 32.2. The number of carbonyl (C=O) groups excluding carboxylic acids is 1. The van der Waals surface area contributed by atoms with E-state index in [4.69, 9.17) is 4.74 Å². The van der Waals surface area contributed by atoms with Crippen molar-refractivity contribution < 1.29 is 9.53 Å². The monoisotopic (exact) mass is 337 g/mol. The molecule has 1 unspecified atom stereocenters. The van der Waals surface area contributed by atoms with Gasteiger partial charge in [0.1, 0.15) is 0 Å². The Balaban J connectivity index is 1.64. The van der Waals surface area contributed by atoms with Crippen molar-refractivity contribution >= 4 is 17.8 Å². The van der Waals surface area contributed by atoms with Gasteiger partial charge < -0.3 is 19.9 Å². The van der Waals surface area contributed by atoms with Crippen LogP contribution in [0.5, 0.6) is 0 Å². The van der Waals surface area contributed by atoms with E-state index in [2.05, 4.69) is 29.4 Å². The van der Waals surface area contributed by atoms with E-state index in [1.54, 1.807) is 16.7 Å². The second-order valence-corrected chi connectivity index (χ2v) is 7.14. The molecule has 23 heavy (non-hydrogen) atoms. The molecule has 128 valence electrons. The maximum atomic E-state index is 12.1. The van der Waals surface area contributed by atoms with Crippen molar-refractivity contribution in [1.29, 1.82) is 0 Å². The van der Waals surface area contributed by atoms with Gasteiger partial charge in [-0.25, -0.2) is 4.79 Å². The van der Waals surface area contributed by atoms with Gasteiger partial charge in [-0.1, -0.05) is 18.2 Å². The molecule has 1 aromatic carbocycles. The van der Waals surface area contributed by atoms with Gasteiger partial charge in [-0.3, -0.25) is 0 Å². The summed E-state index contributed by atoms with van der Waals surface area (Å²) in [6, 6.07) is 10.2. The van der Waals surface area contributed by atoms with Gasteiger partial charge in [0.15, 0.2) is 0 Å². The Morgan fingerprint density at radius 1 is 1.43 bits per heavy atom. The molecule has 1 aromatic rings. The molecule has 1 N–H and O–H groups in total. The van der Waals surface area contributed by atoms with Crippen LogP contribution in [-0.4, -0.2) is 75.1 Å². The molecule has 6 heteroatoms. The summed E-state index contributed by atoms with van der Waals surface area (Å²) in [6.07, 6.45) is 0. The number of rotatable bonds is 6. The number of amides is 2. The Labute approximate surface area is 143 Å². The third-order valence-corrected chi connectivity index (χ3v) is 4.86. The van der Waals surface area contributed by atoms with Crippen LogP contribution < -0.4 is 5.32 Å². The highest BCUT2D eigenvalue weighted by Gasteiger charge is 2.17. The zero-order chi connectivity index (χ0) is 16.5. The van der Waals surface area contributed by atoms with Gasteiger partial charge in [0.05, 0.1) is 13.2 Å². The topological polar surface area (TPSA) is 44.8 Å². The van der Waals surface area contributed by atoms with Gasteiger partial charge in [-0.05, 0) is 19.2 Å². The van der Waals surface area contributed by atoms with E-state index in [1.807, 2.05) is 25.2 Å². The van der Waals surface area contributed by atoms with Gasteiger partial charge in [0.25, 0.3) is 0 Å². The summed E-state index contributed by atoms with van der Waals surface area (Å²) in [6.45, 7) is 4.82. The fourth-order valence-corrected chi connectivity index (χ4v) is 3.41. The van der Waals surface area contributed by atoms with E-state index in [9.17, 15) is 4.79 Å². The number of urea groups is 1. The number of hydrogen-bond acceptors (Lipinski definition) is 4. The maximum absolute atomic E-state index is 12.1. The number of carbonyl (C=O) groups is 1. The largest absolute Gasteiger partial charge is 0.380 e. The molecule has 2 rings (SSSR count). The van der Waals surface area contributed by atoms with Gasteiger partial charge in [0, 0.05) is 49.8 Å². The summed E-state index contributed by atoms with van der Waals surface area (Å²) < 4.78 is 5.57. The molecule has 1 heterocycles. The zero-order valence-corrected chi connectivity index (χ0v) is 14.8. The summed E-state index contributed by atoms with van der Waals surface area (Å²) in [5.74, 6) is 1.25. The third kappa shape index (κ3) is 6.81. The summed E-state index contributed by atoms with van der Waals surface area (Å²) in [7, 11) is 3.94. The fraction of sp³-hybridized carbons (Fsp3) is 0.588. The van der Waals surface area contributed by atoms with E-state index < -0.39 is 0 Å². The van der Waals surface area contributed by atoms with Crippen molar-refractivity contribution in [2.75, 3.05) is 59.2 Å². The molecule has 0 spiro atoms. The Morgan fingerprint density at radius 2 is 2.22 bits per heavy atom. The smallest absolute Gasteiger partial charge is 0.317 e. The van der Waals surface area contributed by atoms with Crippen LogP contribution in [0.2, 0.25) is 0 Å². The normalized spacial score (nSPS) is 19.1. The number of ether oxygens (including phenoxy) is 1. The Hall–Kier alpha value is -1.24. The number of nitrogens with one attached hydrogen (secondary N) is 1. The molecule has 0 aromatic heterocycles. The minimum atomic E-state index is -0.00874. The zero-order valence-electron chi connectivity index (χ0n) is 14.0. The third-order valence-electron chi connectivity index (χ3n) is 3.87. The molecule has 1 fully saturated rings. The second-order valence-electron chi connectivity index (χ2n) is 5.97. The van der Waals surface area contributed by atoms with Gasteiger partial charge in [-0.15, -0.1) is 11.8 Å². The number of benzene rings is 1. The van der Waals surface area contributed by atoms with Crippen molar-refractivity contribution in [2.45, 2.75) is 4.90 Å². The maximum Gasteiger partial charge on any atom is 0.317 e. The molecular weight excluding hydrogens is 310 g/mol. The van der Waals surface area contributed by atoms with Gasteiger partial charge in [0.2, 0.25) is 0 Å². The van der Waals surface area contributed by atoms with Crippen molar-refractivity contribution in [1.82, 2.24) is 15.1 Å².